The second kappa shape index (κ2) is 8.72. The number of hydrogen-bond donors (Lipinski definition) is 2. The van der Waals surface area contributed by atoms with E-state index in [4.69, 9.17) is 24.7 Å². The van der Waals surface area contributed by atoms with E-state index in [1.165, 1.54) is 14.2 Å². The molecule has 1 aromatic rings. The molecule has 8 nitrogen and oxygen atoms in total. The van der Waals surface area contributed by atoms with Crippen molar-refractivity contribution in [3.63, 3.8) is 0 Å². The van der Waals surface area contributed by atoms with E-state index in [9.17, 15) is 4.79 Å². The fourth-order valence-electron chi connectivity index (χ4n) is 2.97. The lowest BCUT2D eigenvalue weighted by Crippen LogP contribution is -2.44. The van der Waals surface area contributed by atoms with Crippen molar-refractivity contribution in [1.29, 1.82) is 0 Å². The number of nitrogens with zero attached hydrogens (tertiary/aromatic N) is 1. The topological polar surface area (TPSA) is 118 Å². The van der Waals surface area contributed by atoms with Crippen LogP contribution in [0.4, 0.5) is 5.69 Å². The predicted octanol–water partition coefficient (Wildman–Crippen LogP) is 1.67. The highest BCUT2D eigenvalue weighted by molar-refractivity contribution is 6.00. The molecule has 1 aliphatic heterocycles. The van der Waals surface area contributed by atoms with Crippen LogP contribution in [0.5, 0.6) is 11.5 Å². The first-order valence-electron chi connectivity index (χ1n) is 7.45. The van der Waals surface area contributed by atoms with Crippen molar-refractivity contribution in [2.45, 2.75) is 25.2 Å². The van der Waals surface area contributed by atoms with Gasteiger partial charge in [0.15, 0.2) is 17.8 Å². The largest absolute Gasteiger partial charge is 0.493 e. The Balaban J connectivity index is 0.00000288. The van der Waals surface area contributed by atoms with E-state index >= 15 is 0 Å². The monoisotopic (exact) mass is 341 g/mol. The Labute approximate surface area is 142 Å². The van der Waals surface area contributed by atoms with Gasteiger partial charge in [-0.05, 0) is 18.9 Å². The van der Waals surface area contributed by atoms with Crippen molar-refractivity contribution in [3.8, 4) is 11.5 Å². The Morgan fingerprint density at radius 2 is 1.75 bits per heavy atom. The van der Waals surface area contributed by atoms with Crippen LogP contribution in [0.2, 0.25) is 0 Å². The number of likely N-dealkylation sites (tertiary alicyclic amines) is 1. The molecule has 24 heavy (non-hydrogen) atoms. The van der Waals surface area contributed by atoms with Gasteiger partial charge in [0.1, 0.15) is 0 Å². The molecule has 0 aromatic heterocycles. The number of rotatable bonds is 6. The Morgan fingerprint density at radius 1 is 1.17 bits per heavy atom. The van der Waals surface area contributed by atoms with E-state index < -0.39 is 6.29 Å². The summed E-state index contributed by atoms with van der Waals surface area (Å²) in [4.78, 5) is 14.7. The molecule has 2 rings (SSSR count). The molecule has 1 atom stereocenters. The van der Waals surface area contributed by atoms with Gasteiger partial charge in [0.25, 0.3) is 5.91 Å². The van der Waals surface area contributed by atoms with Gasteiger partial charge in [-0.2, -0.15) is 0 Å². The number of carbonyl (C=O) groups is 1. The Hall–Kier alpha value is -2.03. The average Bonchev–Trinajstić information content (AvgIpc) is 3.04. The van der Waals surface area contributed by atoms with Gasteiger partial charge in [-0.25, -0.2) is 0 Å². The van der Waals surface area contributed by atoms with Gasteiger partial charge < -0.3 is 35.7 Å². The summed E-state index contributed by atoms with van der Waals surface area (Å²) < 4.78 is 21.1. The van der Waals surface area contributed by atoms with Gasteiger partial charge in [0.05, 0.1) is 25.8 Å². The standard InChI is InChI=1S/C16H24N2O5.H3N/c1-20-13-8-10(11(17)9-14(13)21-2)15(19)18-7-5-6-12(18)16(22-3)23-4;/h8-9,12,16H,5-7,17H2,1-4H3;1H3/t12-;/m1./s1. The highest BCUT2D eigenvalue weighted by atomic mass is 16.7. The summed E-state index contributed by atoms with van der Waals surface area (Å²) in [5, 5.41) is 0. The van der Waals surface area contributed by atoms with E-state index in [1.54, 1.807) is 31.3 Å². The van der Waals surface area contributed by atoms with Crippen molar-refractivity contribution in [1.82, 2.24) is 11.1 Å². The third kappa shape index (κ3) is 3.72. The van der Waals surface area contributed by atoms with Crippen molar-refractivity contribution in [2.24, 2.45) is 0 Å². The summed E-state index contributed by atoms with van der Waals surface area (Å²) in [5.41, 5.74) is 6.77. The van der Waals surface area contributed by atoms with Crippen LogP contribution in [0.3, 0.4) is 0 Å². The number of hydrogen-bond acceptors (Lipinski definition) is 7. The first-order valence-corrected chi connectivity index (χ1v) is 7.45. The normalized spacial score (nSPS) is 16.9. The van der Waals surface area contributed by atoms with Gasteiger partial charge >= 0.3 is 0 Å². The summed E-state index contributed by atoms with van der Waals surface area (Å²) in [6, 6.07) is 3.08. The van der Waals surface area contributed by atoms with Crippen molar-refractivity contribution < 1.29 is 23.7 Å². The lowest BCUT2D eigenvalue weighted by atomic mass is 10.1. The average molecular weight is 341 g/mol. The molecule has 1 saturated heterocycles. The molecule has 5 N–H and O–H groups in total. The predicted molar refractivity (Wildman–Crippen MR) is 90.8 cm³/mol. The smallest absolute Gasteiger partial charge is 0.256 e. The van der Waals surface area contributed by atoms with Crippen molar-refractivity contribution in [2.75, 3.05) is 40.7 Å². The summed E-state index contributed by atoms with van der Waals surface area (Å²) >= 11 is 0. The third-order valence-corrected chi connectivity index (χ3v) is 4.12. The highest BCUT2D eigenvalue weighted by Crippen LogP contribution is 2.34. The quantitative estimate of drug-likeness (QED) is 0.597. The van der Waals surface area contributed by atoms with Gasteiger partial charge in [-0.15, -0.1) is 0 Å². The molecule has 1 aromatic carbocycles. The summed E-state index contributed by atoms with van der Waals surface area (Å²) in [6.45, 7) is 0.639. The minimum atomic E-state index is -0.456. The number of nitrogens with two attached hydrogens (primary N) is 1. The molecule has 0 spiro atoms. The maximum Gasteiger partial charge on any atom is 0.256 e. The molecule has 0 unspecified atom stereocenters. The van der Waals surface area contributed by atoms with E-state index in [0.717, 1.165) is 12.8 Å². The van der Waals surface area contributed by atoms with Gasteiger partial charge in [0.2, 0.25) is 0 Å². The van der Waals surface area contributed by atoms with Crippen LogP contribution in [0.15, 0.2) is 12.1 Å². The maximum absolute atomic E-state index is 12.9. The molecular formula is C16H27N3O5. The third-order valence-electron chi connectivity index (χ3n) is 4.12. The van der Waals surface area contributed by atoms with Crippen molar-refractivity contribution >= 4 is 11.6 Å². The molecular weight excluding hydrogens is 314 g/mol. The Bertz CT molecular complexity index is 563. The highest BCUT2D eigenvalue weighted by Gasteiger charge is 2.36. The van der Waals surface area contributed by atoms with Crippen LogP contribution in [0.25, 0.3) is 0 Å². The minimum Gasteiger partial charge on any atom is -0.493 e. The van der Waals surface area contributed by atoms with Crippen LogP contribution in [0, 0.1) is 0 Å². The molecule has 8 heteroatoms. The second-order valence-corrected chi connectivity index (χ2v) is 5.34. The zero-order valence-electron chi connectivity index (χ0n) is 14.7. The molecule has 1 amide bonds. The van der Waals surface area contributed by atoms with Gasteiger partial charge in [-0.1, -0.05) is 0 Å². The number of amides is 1. The lowest BCUT2D eigenvalue weighted by molar-refractivity contribution is -0.134. The molecule has 0 saturated carbocycles. The number of nitrogen functional groups attached to an aromatic ring is 1. The van der Waals surface area contributed by atoms with E-state index in [1.807, 2.05) is 0 Å². The van der Waals surface area contributed by atoms with Crippen LogP contribution in [0.1, 0.15) is 23.2 Å². The van der Waals surface area contributed by atoms with E-state index in [0.29, 0.717) is 29.3 Å². The zero-order chi connectivity index (χ0) is 17.0. The van der Waals surface area contributed by atoms with Crippen LogP contribution in [-0.2, 0) is 9.47 Å². The number of benzene rings is 1. The van der Waals surface area contributed by atoms with Crippen LogP contribution in [-0.4, -0.2) is 58.1 Å². The molecule has 136 valence electrons. The van der Waals surface area contributed by atoms with E-state index in [2.05, 4.69) is 0 Å². The van der Waals surface area contributed by atoms with Gasteiger partial charge in [0, 0.05) is 32.5 Å². The van der Waals surface area contributed by atoms with Crippen LogP contribution >= 0.6 is 0 Å². The molecule has 1 aliphatic rings. The first-order chi connectivity index (χ1) is 11.1. The molecule has 0 bridgehead atoms. The number of methoxy groups -OCH3 is 4. The lowest BCUT2D eigenvalue weighted by Gasteiger charge is -2.30. The molecule has 1 fully saturated rings. The molecule has 1 heterocycles. The SMILES string of the molecule is COc1cc(N)c(C(=O)N2CCC[C@@H]2C(OC)OC)cc1OC.N. The summed E-state index contributed by atoms with van der Waals surface area (Å²) in [7, 11) is 6.18. The Kier molecular flexibility index (Phi) is 7.27. The van der Waals surface area contributed by atoms with Gasteiger partial charge in [-0.3, -0.25) is 4.79 Å². The number of anilines is 1. The fraction of sp³-hybridized carbons (Fsp3) is 0.562. The van der Waals surface area contributed by atoms with Crippen molar-refractivity contribution in [3.05, 3.63) is 17.7 Å². The summed E-state index contributed by atoms with van der Waals surface area (Å²) in [6.07, 6.45) is 1.26. The minimum absolute atomic E-state index is 0. The fourth-order valence-corrected chi connectivity index (χ4v) is 2.97. The molecule has 0 aliphatic carbocycles. The molecule has 0 radical (unpaired) electrons. The number of carbonyl (C=O) groups excluding carboxylic acids is 1. The zero-order valence-corrected chi connectivity index (χ0v) is 14.7. The van der Waals surface area contributed by atoms with E-state index in [-0.39, 0.29) is 18.1 Å². The summed E-state index contributed by atoms with van der Waals surface area (Å²) in [5.74, 6) is 0.798. The number of ether oxygens (including phenoxy) is 4. The maximum atomic E-state index is 12.9. The first kappa shape index (κ1) is 20.0. The second-order valence-electron chi connectivity index (χ2n) is 5.34. The Morgan fingerprint density at radius 3 is 2.29 bits per heavy atom. The van der Waals surface area contributed by atoms with Crippen LogP contribution < -0.4 is 21.4 Å².